The molecule has 0 atom stereocenters. The SMILES string of the molecule is CCOc1cc(/C=C(\C#N)C(=O)NCc2ccccc2)ccc1OCCOc1ccc(C2CCCCC2)cc1. The topological polar surface area (TPSA) is 80.6 Å². The third-order valence-electron chi connectivity index (χ3n) is 6.81. The summed E-state index contributed by atoms with van der Waals surface area (Å²) < 4.78 is 17.6. The molecular weight excluding hydrogens is 488 g/mol. The van der Waals surface area contributed by atoms with Crippen molar-refractivity contribution < 1.29 is 19.0 Å². The van der Waals surface area contributed by atoms with Crippen LogP contribution in [0.1, 0.15) is 61.6 Å². The second-order valence-electron chi connectivity index (χ2n) is 9.58. The van der Waals surface area contributed by atoms with Crippen LogP contribution in [-0.2, 0) is 11.3 Å². The summed E-state index contributed by atoms with van der Waals surface area (Å²) in [4.78, 5) is 12.5. The highest BCUT2D eigenvalue weighted by Crippen LogP contribution is 2.33. The highest BCUT2D eigenvalue weighted by molar-refractivity contribution is 6.01. The van der Waals surface area contributed by atoms with Crippen molar-refractivity contribution in [3.05, 3.63) is 95.1 Å². The maximum absolute atomic E-state index is 12.5. The van der Waals surface area contributed by atoms with Crippen LogP contribution in [0.2, 0.25) is 0 Å². The Morgan fingerprint density at radius 1 is 0.923 bits per heavy atom. The Kier molecular flexibility index (Phi) is 10.4. The van der Waals surface area contributed by atoms with Gasteiger partial charge in [-0.3, -0.25) is 4.79 Å². The maximum Gasteiger partial charge on any atom is 0.262 e. The number of nitriles is 1. The zero-order chi connectivity index (χ0) is 27.3. The van der Waals surface area contributed by atoms with Crippen molar-refractivity contribution in [1.29, 1.82) is 5.26 Å². The summed E-state index contributed by atoms with van der Waals surface area (Å²) in [5, 5.41) is 12.3. The zero-order valence-corrected chi connectivity index (χ0v) is 22.5. The average molecular weight is 525 g/mol. The van der Waals surface area contributed by atoms with Gasteiger partial charge in [0.25, 0.3) is 5.91 Å². The van der Waals surface area contributed by atoms with Crippen LogP contribution in [0.25, 0.3) is 6.08 Å². The van der Waals surface area contributed by atoms with Crippen molar-refractivity contribution >= 4 is 12.0 Å². The summed E-state index contributed by atoms with van der Waals surface area (Å²) in [6.07, 6.45) is 8.12. The molecule has 1 aliphatic rings. The fourth-order valence-electron chi connectivity index (χ4n) is 4.77. The van der Waals surface area contributed by atoms with Crippen molar-refractivity contribution in [3.8, 4) is 23.3 Å². The van der Waals surface area contributed by atoms with Gasteiger partial charge in [0.05, 0.1) is 6.61 Å². The van der Waals surface area contributed by atoms with Crippen LogP contribution >= 0.6 is 0 Å². The van der Waals surface area contributed by atoms with E-state index in [-0.39, 0.29) is 5.57 Å². The Bertz CT molecular complexity index is 1270. The Balaban J connectivity index is 1.31. The lowest BCUT2D eigenvalue weighted by atomic mass is 9.84. The van der Waals surface area contributed by atoms with Crippen molar-refractivity contribution in [2.75, 3.05) is 19.8 Å². The lowest BCUT2D eigenvalue weighted by Gasteiger charge is -2.22. The summed E-state index contributed by atoms with van der Waals surface area (Å²) in [7, 11) is 0. The maximum atomic E-state index is 12.5. The number of nitrogens with one attached hydrogen (secondary N) is 1. The van der Waals surface area contributed by atoms with Crippen molar-refractivity contribution in [3.63, 3.8) is 0 Å². The van der Waals surface area contributed by atoms with Crippen LogP contribution in [-0.4, -0.2) is 25.7 Å². The van der Waals surface area contributed by atoms with Gasteiger partial charge in [-0.2, -0.15) is 5.26 Å². The molecule has 0 heterocycles. The molecule has 4 rings (SSSR count). The first-order valence-electron chi connectivity index (χ1n) is 13.7. The molecule has 0 saturated heterocycles. The molecular formula is C33H36N2O4. The van der Waals surface area contributed by atoms with E-state index in [9.17, 15) is 10.1 Å². The lowest BCUT2D eigenvalue weighted by molar-refractivity contribution is -0.117. The zero-order valence-electron chi connectivity index (χ0n) is 22.5. The van der Waals surface area contributed by atoms with E-state index in [4.69, 9.17) is 14.2 Å². The van der Waals surface area contributed by atoms with Gasteiger partial charge in [-0.25, -0.2) is 0 Å². The van der Waals surface area contributed by atoms with E-state index in [1.807, 2.05) is 55.5 Å². The van der Waals surface area contributed by atoms with Gasteiger partial charge in [0.1, 0.15) is 30.6 Å². The van der Waals surface area contributed by atoms with Gasteiger partial charge < -0.3 is 19.5 Å². The van der Waals surface area contributed by atoms with Crippen LogP contribution < -0.4 is 19.5 Å². The normalized spacial score (nSPS) is 13.8. The highest BCUT2D eigenvalue weighted by Gasteiger charge is 2.15. The molecule has 0 bridgehead atoms. The van der Waals surface area contributed by atoms with Gasteiger partial charge in [-0.05, 0) is 72.7 Å². The van der Waals surface area contributed by atoms with Crippen LogP contribution in [0, 0.1) is 11.3 Å². The molecule has 0 unspecified atom stereocenters. The summed E-state index contributed by atoms with van der Waals surface area (Å²) in [6.45, 7) is 3.45. The smallest absolute Gasteiger partial charge is 0.262 e. The number of carbonyl (C=O) groups excluding carboxylic acids is 1. The van der Waals surface area contributed by atoms with Crippen LogP contribution in [0.3, 0.4) is 0 Å². The molecule has 0 aromatic heterocycles. The minimum Gasteiger partial charge on any atom is -0.490 e. The average Bonchev–Trinajstić information content (AvgIpc) is 2.99. The third-order valence-corrected chi connectivity index (χ3v) is 6.81. The van der Waals surface area contributed by atoms with E-state index in [1.165, 1.54) is 37.7 Å². The fourth-order valence-corrected chi connectivity index (χ4v) is 4.77. The molecule has 202 valence electrons. The Morgan fingerprint density at radius 3 is 2.38 bits per heavy atom. The standard InChI is InChI=1S/C33H36N2O4/c1-2-37-32-22-26(21-29(23-34)33(36)35-24-25-9-5-3-6-10-25)13-18-31(32)39-20-19-38-30-16-14-28(15-17-30)27-11-7-4-8-12-27/h3,5-6,9-10,13-18,21-22,27H,2,4,7-8,11-12,19-20,24H2,1H3,(H,35,36)/b29-21+. The van der Waals surface area contributed by atoms with E-state index in [0.29, 0.717) is 49.3 Å². The number of carbonyl (C=O) groups is 1. The van der Waals surface area contributed by atoms with E-state index < -0.39 is 5.91 Å². The molecule has 1 aliphatic carbocycles. The van der Waals surface area contributed by atoms with Gasteiger partial charge in [0.2, 0.25) is 0 Å². The highest BCUT2D eigenvalue weighted by atomic mass is 16.5. The molecule has 3 aromatic rings. The molecule has 1 amide bonds. The van der Waals surface area contributed by atoms with E-state index >= 15 is 0 Å². The molecule has 0 spiro atoms. The molecule has 1 saturated carbocycles. The van der Waals surface area contributed by atoms with Gasteiger partial charge in [-0.15, -0.1) is 0 Å². The predicted octanol–water partition coefficient (Wildman–Crippen LogP) is 6.81. The molecule has 0 radical (unpaired) electrons. The second-order valence-corrected chi connectivity index (χ2v) is 9.58. The first kappa shape index (κ1) is 27.8. The van der Waals surface area contributed by atoms with Crippen molar-refractivity contribution in [2.45, 2.75) is 51.5 Å². The van der Waals surface area contributed by atoms with Crippen LogP contribution in [0.4, 0.5) is 0 Å². The number of benzene rings is 3. The first-order chi connectivity index (χ1) is 19.2. The summed E-state index contributed by atoms with van der Waals surface area (Å²) >= 11 is 0. The minimum absolute atomic E-state index is 0.0185. The monoisotopic (exact) mass is 524 g/mol. The molecule has 39 heavy (non-hydrogen) atoms. The third kappa shape index (κ3) is 8.38. The van der Waals surface area contributed by atoms with Crippen molar-refractivity contribution in [2.24, 2.45) is 0 Å². The molecule has 6 nitrogen and oxygen atoms in total. The minimum atomic E-state index is -0.427. The number of rotatable bonds is 12. The van der Waals surface area contributed by atoms with Crippen LogP contribution in [0.5, 0.6) is 17.2 Å². The summed E-state index contributed by atoms with van der Waals surface area (Å²) in [5.41, 5.74) is 3.06. The quantitative estimate of drug-likeness (QED) is 0.160. The van der Waals surface area contributed by atoms with Gasteiger partial charge in [0, 0.05) is 6.54 Å². The first-order valence-corrected chi connectivity index (χ1v) is 13.7. The number of hydrogen-bond acceptors (Lipinski definition) is 5. The molecule has 1 fully saturated rings. The Hall–Kier alpha value is -4.24. The van der Waals surface area contributed by atoms with Gasteiger partial charge in [0.15, 0.2) is 11.5 Å². The Labute approximate surface area is 231 Å². The second kappa shape index (κ2) is 14.6. The molecule has 0 aliphatic heterocycles. The lowest BCUT2D eigenvalue weighted by Crippen LogP contribution is -2.23. The summed E-state index contributed by atoms with van der Waals surface area (Å²) in [5.74, 6) is 2.21. The summed E-state index contributed by atoms with van der Waals surface area (Å²) in [6, 6.07) is 25.4. The van der Waals surface area contributed by atoms with Gasteiger partial charge in [-0.1, -0.05) is 67.8 Å². The number of amides is 1. The van der Waals surface area contributed by atoms with Crippen molar-refractivity contribution in [1.82, 2.24) is 5.32 Å². The van der Waals surface area contributed by atoms with Crippen LogP contribution in [0.15, 0.2) is 78.4 Å². The fraction of sp³-hybridized carbons (Fsp3) is 0.333. The van der Waals surface area contributed by atoms with E-state index in [0.717, 1.165) is 11.3 Å². The molecule has 1 N–H and O–H groups in total. The van der Waals surface area contributed by atoms with E-state index in [2.05, 4.69) is 17.4 Å². The predicted molar refractivity (Wildman–Crippen MR) is 153 cm³/mol. The van der Waals surface area contributed by atoms with Gasteiger partial charge >= 0.3 is 0 Å². The molecule has 6 heteroatoms. The Morgan fingerprint density at radius 2 is 1.67 bits per heavy atom. The molecule has 3 aromatic carbocycles. The number of ether oxygens (including phenoxy) is 3. The largest absolute Gasteiger partial charge is 0.490 e. The number of hydrogen-bond donors (Lipinski definition) is 1. The number of nitrogens with zero attached hydrogens (tertiary/aromatic N) is 1. The van der Waals surface area contributed by atoms with E-state index in [1.54, 1.807) is 24.3 Å².